The lowest BCUT2D eigenvalue weighted by molar-refractivity contribution is -0.000156. The largest absolute Gasteiger partial charge is 0.305 e. The summed E-state index contributed by atoms with van der Waals surface area (Å²) in [4.78, 5) is 12.0. The van der Waals surface area contributed by atoms with E-state index in [1.54, 1.807) is 5.56 Å². The summed E-state index contributed by atoms with van der Waals surface area (Å²) in [5, 5.41) is 5.39. The van der Waals surface area contributed by atoms with Crippen molar-refractivity contribution >= 4 is 38.1 Å². The lowest BCUT2D eigenvalue weighted by Gasteiger charge is -2.49. The normalized spacial score (nSPS) is 23.4. The zero-order valence-corrected chi connectivity index (χ0v) is 44.1. The van der Waals surface area contributed by atoms with E-state index in [-0.39, 0.29) is 5.41 Å². The maximum atomic E-state index is 5.99. The highest BCUT2D eigenvalue weighted by atomic mass is 15.0. The molecule has 3 bridgehead atoms. The molecule has 21 rings (SSSR count). The third-order valence-electron chi connectivity index (χ3n) is 22.8. The Hall–Kier alpha value is -8.92. The first-order valence-electron chi connectivity index (χ1n) is 29.4. The fourth-order valence-corrected chi connectivity index (χ4v) is 20.4. The molecule has 374 valence electrons. The standard InChI is InChI=1S/C77H51N3/c1-3-17-44(18-4-1)49-25-15-31-61-65(49)69-67-55-35-46(74-37-43-33-47-34-48(39-74)75(47,38-43)42-74)36-56-68-64(80(71(55)56)63(67)40-78-72(69)76(61)57-27-11-7-21-51(57)52-22-8-12-28-58(52)76)41-79-73-70(68)66-50(45-19-5-2-6-20-45)26-16-32-62(66)77(73)59-29-13-9-23-53(59)54-24-10-14-30-60(54)77/h1-32,35-36,40-41,43,47-48H,33-34,37-39,42H2. The number of fused-ring (bicyclic) bond motifs is 30. The van der Waals surface area contributed by atoms with Gasteiger partial charge in [0.2, 0.25) is 0 Å². The highest BCUT2D eigenvalue weighted by molar-refractivity contribution is 6.30. The van der Waals surface area contributed by atoms with Crippen LogP contribution in [-0.4, -0.2) is 14.4 Å². The minimum atomic E-state index is -0.601. The maximum Gasteiger partial charge on any atom is 0.0898 e. The Bertz CT molecular complexity index is 4630. The van der Waals surface area contributed by atoms with Crippen LogP contribution in [0.2, 0.25) is 0 Å². The second kappa shape index (κ2) is 13.9. The second-order valence-corrected chi connectivity index (χ2v) is 25.6. The summed E-state index contributed by atoms with van der Waals surface area (Å²) in [6.07, 6.45) is 12.9. The van der Waals surface area contributed by atoms with E-state index in [1.807, 2.05) is 0 Å². The Morgan fingerprint density at radius 2 is 0.825 bits per heavy atom. The minimum absolute atomic E-state index is 0.141. The van der Waals surface area contributed by atoms with Crippen LogP contribution in [0.5, 0.6) is 0 Å². The van der Waals surface area contributed by atoms with Crippen LogP contribution in [0.3, 0.4) is 0 Å². The summed E-state index contributed by atoms with van der Waals surface area (Å²) in [6.45, 7) is 0. The SMILES string of the molecule is c1ccc(-c2cccc3c2-c2c(ncc4c2c2cc(C56CC7CC8CC(C5)C8(C7)C6)cc5c6c7c(ncc6n4c25)C2(c4ccccc4-c4ccccc42)c2cccc(-c4ccccc4)c2-7)C32c3ccccc3-c3ccccc32)cc1. The molecule has 3 spiro atoms. The van der Waals surface area contributed by atoms with Gasteiger partial charge in [0.1, 0.15) is 0 Å². The molecule has 8 aliphatic rings. The van der Waals surface area contributed by atoms with E-state index in [4.69, 9.17) is 9.97 Å². The maximum absolute atomic E-state index is 5.99. The second-order valence-electron chi connectivity index (χ2n) is 25.6. The lowest BCUT2D eigenvalue weighted by Crippen LogP contribution is -2.42. The summed E-state index contributed by atoms with van der Waals surface area (Å²) in [5.74, 6) is 2.56. The first-order valence-corrected chi connectivity index (χ1v) is 29.4. The average molecular weight is 1020 g/mol. The van der Waals surface area contributed by atoms with Gasteiger partial charge in [0.15, 0.2) is 0 Å². The average Bonchev–Trinajstić information content (AvgIpc) is 2.09. The molecule has 0 amide bonds. The number of hydrogen-bond acceptors (Lipinski definition) is 2. The van der Waals surface area contributed by atoms with E-state index in [0.29, 0.717) is 5.41 Å². The van der Waals surface area contributed by atoms with Gasteiger partial charge >= 0.3 is 0 Å². The van der Waals surface area contributed by atoms with Crippen LogP contribution in [0.15, 0.2) is 219 Å². The summed E-state index contributed by atoms with van der Waals surface area (Å²) in [5.41, 5.74) is 30.3. The van der Waals surface area contributed by atoms with Gasteiger partial charge in [-0.3, -0.25) is 9.97 Å². The van der Waals surface area contributed by atoms with Crippen molar-refractivity contribution < 1.29 is 0 Å². The van der Waals surface area contributed by atoms with E-state index in [2.05, 4.69) is 223 Å². The van der Waals surface area contributed by atoms with Gasteiger partial charge in [-0.25, -0.2) is 0 Å². The van der Waals surface area contributed by atoms with Crippen LogP contribution in [0.25, 0.3) is 105 Å². The summed E-state index contributed by atoms with van der Waals surface area (Å²) in [7, 11) is 0. The molecule has 4 aromatic heterocycles. The van der Waals surface area contributed by atoms with Crippen molar-refractivity contribution in [2.75, 3.05) is 0 Å². The van der Waals surface area contributed by atoms with E-state index in [0.717, 1.165) is 40.2 Å². The Labute approximate surface area is 463 Å². The smallest absolute Gasteiger partial charge is 0.0898 e. The van der Waals surface area contributed by atoms with E-state index < -0.39 is 10.8 Å². The Balaban J connectivity index is 0.958. The van der Waals surface area contributed by atoms with E-state index in [9.17, 15) is 0 Å². The molecule has 80 heavy (non-hydrogen) atoms. The van der Waals surface area contributed by atoms with Gasteiger partial charge in [0.05, 0.1) is 51.2 Å². The summed E-state index contributed by atoms with van der Waals surface area (Å²) < 4.78 is 2.63. The van der Waals surface area contributed by atoms with Gasteiger partial charge in [0, 0.05) is 32.7 Å². The quantitative estimate of drug-likeness (QED) is 0.177. The van der Waals surface area contributed by atoms with Gasteiger partial charge in [0.25, 0.3) is 0 Å². The molecule has 0 N–H and O–H groups in total. The Morgan fingerprint density at radius 1 is 0.388 bits per heavy atom. The predicted molar refractivity (Wildman–Crippen MR) is 322 cm³/mol. The predicted octanol–water partition coefficient (Wildman–Crippen LogP) is 18.1. The molecule has 4 saturated carbocycles. The third-order valence-corrected chi connectivity index (χ3v) is 22.8. The molecule has 4 fully saturated rings. The molecule has 3 nitrogen and oxygen atoms in total. The van der Waals surface area contributed by atoms with Crippen molar-refractivity contribution in [1.29, 1.82) is 0 Å². The van der Waals surface area contributed by atoms with Crippen molar-refractivity contribution in [3.8, 4) is 66.8 Å². The van der Waals surface area contributed by atoms with Crippen molar-refractivity contribution in [1.82, 2.24) is 14.4 Å². The van der Waals surface area contributed by atoms with Crippen molar-refractivity contribution in [3.05, 3.63) is 269 Å². The fourth-order valence-electron chi connectivity index (χ4n) is 20.4. The summed E-state index contributed by atoms with van der Waals surface area (Å²) in [6, 6.07) is 79.0. The van der Waals surface area contributed by atoms with Gasteiger partial charge < -0.3 is 4.40 Å². The molecule has 5 atom stereocenters. The van der Waals surface area contributed by atoms with Gasteiger partial charge in [-0.15, -0.1) is 0 Å². The fraction of sp³-hybridized carbons (Fsp3) is 0.169. The lowest BCUT2D eigenvalue weighted by atomic mass is 9.55. The van der Waals surface area contributed by atoms with Crippen LogP contribution in [-0.2, 0) is 16.2 Å². The van der Waals surface area contributed by atoms with Crippen LogP contribution in [0.1, 0.15) is 88.9 Å². The number of benzene rings is 9. The number of hydrogen-bond donors (Lipinski definition) is 0. The van der Waals surface area contributed by atoms with Gasteiger partial charge in [-0.05, 0) is 174 Å². The number of rotatable bonds is 3. The molecule has 0 radical (unpaired) electrons. The van der Waals surface area contributed by atoms with Crippen LogP contribution < -0.4 is 0 Å². The highest BCUT2D eigenvalue weighted by Gasteiger charge is 2.71. The first-order chi connectivity index (χ1) is 39.6. The Morgan fingerprint density at radius 3 is 1.31 bits per heavy atom. The molecule has 4 heterocycles. The van der Waals surface area contributed by atoms with Crippen molar-refractivity contribution in [3.63, 3.8) is 0 Å². The number of aromatic nitrogens is 3. The highest BCUT2D eigenvalue weighted by Crippen LogP contribution is 2.79. The zero-order chi connectivity index (χ0) is 51.6. The molecule has 13 aromatic rings. The summed E-state index contributed by atoms with van der Waals surface area (Å²) >= 11 is 0. The molecule has 8 aliphatic carbocycles. The Kier molecular flexibility index (Phi) is 7.31. The third kappa shape index (κ3) is 4.46. The van der Waals surface area contributed by atoms with Crippen LogP contribution in [0.4, 0.5) is 0 Å². The van der Waals surface area contributed by atoms with E-state index >= 15 is 0 Å². The monoisotopic (exact) mass is 1020 g/mol. The van der Waals surface area contributed by atoms with Crippen LogP contribution in [0, 0.1) is 23.2 Å². The molecule has 9 aromatic carbocycles. The topological polar surface area (TPSA) is 30.2 Å². The van der Waals surface area contributed by atoms with Crippen molar-refractivity contribution in [2.24, 2.45) is 23.2 Å². The van der Waals surface area contributed by atoms with Gasteiger partial charge in [-0.2, -0.15) is 0 Å². The van der Waals surface area contributed by atoms with E-state index in [1.165, 1.54) is 166 Å². The molecular formula is C77H51N3. The first kappa shape index (κ1) is 42.1. The van der Waals surface area contributed by atoms with Crippen molar-refractivity contribution in [2.45, 2.75) is 54.8 Å². The number of pyridine rings is 2. The molecule has 3 heteroatoms. The van der Waals surface area contributed by atoms with Gasteiger partial charge in [-0.1, -0.05) is 194 Å². The minimum Gasteiger partial charge on any atom is -0.305 e. The molecule has 0 aliphatic heterocycles. The molecule has 5 unspecified atom stereocenters. The molecular weight excluding hydrogens is 967 g/mol. The zero-order valence-electron chi connectivity index (χ0n) is 44.1. The van der Waals surface area contributed by atoms with Crippen LogP contribution >= 0.6 is 0 Å². The molecule has 0 saturated heterocycles. The number of nitrogens with zero attached hydrogens (tertiary/aromatic N) is 3.